The molecule has 0 saturated carbocycles. The summed E-state index contributed by atoms with van der Waals surface area (Å²) in [6.45, 7) is 5.93. The first-order chi connectivity index (χ1) is 15.8. The van der Waals surface area contributed by atoms with Crippen molar-refractivity contribution < 1.29 is 23.8 Å². The Morgan fingerprint density at radius 2 is 1.94 bits per heavy atom. The minimum Gasteiger partial charge on any atom is -0.495 e. The number of ether oxygens (including phenoxy) is 3. The normalized spacial score (nSPS) is 14.6. The number of hydrogen-bond acceptors (Lipinski definition) is 7. The molecular formula is C24H25ClN2O5S. The second-order valence-electron chi connectivity index (χ2n) is 7.21. The molecule has 3 rings (SSSR count). The van der Waals surface area contributed by atoms with Crippen LogP contribution in [0, 0.1) is 0 Å². The Morgan fingerprint density at radius 1 is 1.21 bits per heavy atom. The number of benzene rings is 2. The lowest BCUT2D eigenvalue weighted by atomic mass is 10.2. The van der Waals surface area contributed by atoms with Gasteiger partial charge in [-0.2, -0.15) is 0 Å². The molecule has 0 bridgehead atoms. The van der Waals surface area contributed by atoms with Gasteiger partial charge < -0.3 is 14.2 Å². The fraction of sp³-hybridized carbons (Fsp3) is 0.292. The zero-order valence-corrected chi connectivity index (χ0v) is 20.4. The maximum Gasteiger partial charge on any atom is 0.316 e. The molecule has 0 fully saturated rings. The van der Waals surface area contributed by atoms with E-state index in [0.717, 1.165) is 23.1 Å². The summed E-state index contributed by atoms with van der Waals surface area (Å²) < 4.78 is 15.9. The zero-order chi connectivity index (χ0) is 24.0. The minimum atomic E-state index is -0.386. The largest absolute Gasteiger partial charge is 0.495 e. The van der Waals surface area contributed by atoms with Crippen LogP contribution >= 0.6 is 23.4 Å². The molecule has 1 heterocycles. The highest BCUT2D eigenvalue weighted by atomic mass is 35.5. The van der Waals surface area contributed by atoms with E-state index in [-0.39, 0.29) is 36.0 Å². The summed E-state index contributed by atoms with van der Waals surface area (Å²) in [5, 5.41) is 0.719. The lowest BCUT2D eigenvalue weighted by Gasteiger charge is -2.18. The van der Waals surface area contributed by atoms with Gasteiger partial charge in [-0.3, -0.25) is 14.5 Å². The van der Waals surface area contributed by atoms with Crippen molar-refractivity contribution in [1.29, 1.82) is 0 Å². The molecule has 2 aromatic rings. The molecule has 33 heavy (non-hydrogen) atoms. The molecule has 7 nitrogen and oxygen atoms in total. The summed E-state index contributed by atoms with van der Waals surface area (Å²) in [6.07, 6.45) is 1.76. The van der Waals surface area contributed by atoms with Gasteiger partial charge in [0.2, 0.25) is 0 Å². The Morgan fingerprint density at radius 3 is 2.55 bits per heavy atom. The van der Waals surface area contributed by atoms with Crippen LogP contribution in [-0.4, -0.2) is 42.6 Å². The first-order valence-corrected chi connectivity index (χ1v) is 11.7. The summed E-state index contributed by atoms with van der Waals surface area (Å²) in [6, 6.07) is 12.4. The van der Waals surface area contributed by atoms with Crippen LogP contribution < -0.4 is 14.4 Å². The Kier molecular flexibility index (Phi) is 8.41. The summed E-state index contributed by atoms with van der Waals surface area (Å²) in [7, 11) is 1.52. The topological polar surface area (TPSA) is 77.4 Å². The summed E-state index contributed by atoms with van der Waals surface area (Å²) in [4.78, 5) is 31.1. The van der Waals surface area contributed by atoms with Crippen LogP contribution in [0.15, 0.2) is 53.2 Å². The van der Waals surface area contributed by atoms with Crippen LogP contribution in [-0.2, 0) is 14.3 Å². The SMILES string of the molecule is CCOC(=O)CSC1=N/C(=C/c2ccc(OC(C)C)cc2)C(=O)N1c1ccc(OC)c(Cl)c1. The van der Waals surface area contributed by atoms with E-state index in [4.69, 9.17) is 25.8 Å². The quantitative estimate of drug-likeness (QED) is 0.376. The van der Waals surface area contributed by atoms with Crippen molar-refractivity contribution in [2.75, 3.05) is 24.4 Å². The van der Waals surface area contributed by atoms with Gasteiger partial charge in [-0.05, 0) is 62.7 Å². The Balaban J connectivity index is 1.91. The van der Waals surface area contributed by atoms with Gasteiger partial charge in [0.1, 0.15) is 17.2 Å². The lowest BCUT2D eigenvalue weighted by molar-refractivity contribution is -0.139. The third-order valence-corrected chi connectivity index (χ3v) is 5.61. The average Bonchev–Trinajstić information content (AvgIpc) is 3.08. The van der Waals surface area contributed by atoms with E-state index in [0.29, 0.717) is 21.6 Å². The highest BCUT2D eigenvalue weighted by molar-refractivity contribution is 8.14. The van der Waals surface area contributed by atoms with E-state index >= 15 is 0 Å². The van der Waals surface area contributed by atoms with E-state index in [1.54, 1.807) is 31.2 Å². The number of carbonyl (C=O) groups excluding carboxylic acids is 2. The standard InChI is InChI=1S/C24H25ClN2O5S/c1-5-31-22(28)14-33-24-26-20(12-16-6-9-18(10-7-16)32-15(2)3)23(29)27(24)17-8-11-21(30-4)19(25)13-17/h6-13,15H,5,14H2,1-4H3/b20-12+. The van der Waals surface area contributed by atoms with E-state index in [1.165, 1.54) is 12.0 Å². The van der Waals surface area contributed by atoms with Gasteiger partial charge in [0.05, 0.1) is 36.3 Å². The van der Waals surface area contributed by atoms with Crippen LogP contribution in [0.25, 0.3) is 6.08 Å². The first kappa shape index (κ1) is 24.7. The van der Waals surface area contributed by atoms with Crippen molar-refractivity contribution in [2.45, 2.75) is 26.9 Å². The molecule has 0 radical (unpaired) electrons. The van der Waals surface area contributed by atoms with Crippen molar-refractivity contribution in [2.24, 2.45) is 4.99 Å². The molecular weight excluding hydrogens is 464 g/mol. The third-order valence-electron chi connectivity index (χ3n) is 4.40. The van der Waals surface area contributed by atoms with Crippen LogP contribution in [0.4, 0.5) is 5.69 Å². The highest BCUT2D eigenvalue weighted by Crippen LogP contribution is 2.34. The van der Waals surface area contributed by atoms with Crippen molar-refractivity contribution in [3.8, 4) is 11.5 Å². The molecule has 0 N–H and O–H groups in total. The molecule has 174 valence electrons. The number of nitrogens with zero attached hydrogens (tertiary/aromatic N) is 2. The molecule has 1 amide bonds. The summed E-state index contributed by atoms with van der Waals surface area (Å²) in [5.41, 5.74) is 1.55. The molecule has 0 aliphatic carbocycles. The van der Waals surface area contributed by atoms with Gasteiger partial charge in [-0.25, -0.2) is 4.99 Å². The Hall–Kier alpha value is -2.97. The van der Waals surface area contributed by atoms with Gasteiger partial charge >= 0.3 is 5.97 Å². The number of amidine groups is 1. The molecule has 9 heteroatoms. The fourth-order valence-electron chi connectivity index (χ4n) is 3.01. The van der Waals surface area contributed by atoms with Crippen molar-refractivity contribution in [1.82, 2.24) is 0 Å². The van der Waals surface area contributed by atoms with Gasteiger partial charge in [0.15, 0.2) is 5.17 Å². The number of methoxy groups -OCH3 is 1. The molecule has 0 unspecified atom stereocenters. The van der Waals surface area contributed by atoms with Crippen molar-refractivity contribution >= 4 is 52.2 Å². The molecule has 2 aromatic carbocycles. The average molecular weight is 489 g/mol. The number of halogens is 1. The number of carbonyl (C=O) groups is 2. The van der Waals surface area contributed by atoms with E-state index in [2.05, 4.69) is 4.99 Å². The molecule has 0 atom stereocenters. The predicted octanol–water partition coefficient (Wildman–Crippen LogP) is 5.18. The summed E-state index contributed by atoms with van der Waals surface area (Å²) in [5.74, 6) is 0.543. The lowest BCUT2D eigenvalue weighted by Crippen LogP contribution is -2.31. The fourth-order valence-corrected chi connectivity index (χ4v) is 4.08. The van der Waals surface area contributed by atoms with Crippen molar-refractivity contribution in [3.05, 3.63) is 58.7 Å². The number of rotatable bonds is 8. The van der Waals surface area contributed by atoms with Crippen LogP contribution in [0.1, 0.15) is 26.3 Å². The summed E-state index contributed by atoms with van der Waals surface area (Å²) >= 11 is 7.40. The van der Waals surface area contributed by atoms with Crippen LogP contribution in [0.5, 0.6) is 11.5 Å². The second-order valence-corrected chi connectivity index (χ2v) is 8.56. The number of hydrogen-bond donors (Lipinski definition) is 0. The molecule has 0 saturated heterocycles. The van der Waals surface area contributed by atoms with Crippen LogP contribution in [0.2, 0.25) is 5.02 Å². The van der Waals surface area contributed by atoms with E-state index in [1.807, 2.05) is 38.1 Å². The smallest absolute Gasteiger partial charge is 0.316 e. The number of esters is 1. The molecule has 0 aromatic heterocycles. The highest BCUT2D eigenvalue weighted by Gasteiger charge is 2.33. The van der Waals surface area contributed by atoms with Gasteiger partial charge in [0.25, 0.3) is 5.91 Å². The molecule has 1 aliphatic heterocycles. The maximum atomic E-state index is 13.3. The van der Waals surface area contributed by atoms with E-state index < -0.39 is 0 Å². The van der Waals surface area contributed by atoms with E-state index in [9.17, 15) is 9.59 Å². The number of amides is 1. The minimum absolute atomic E-state index is 0.0227. The predicted molar refractivity (Wildman–Crippen MR) is 132 cm³/mol. The Labute approximate surface area is 202 Å². The Bertz CT molecular complexity index is 1080. The number of thioether (sulfide) groups is 1. The number of anilines is 1. The maximum absolute atomic E-state index is 13.3. The van der Waals surface area contributed by atoms with Gasteiger partial charge in [-0.15, -0.1) is 0 Å². The van der Waals surface area contributed by atoms with Gasteiger partial charge in [0, 0.05) is 0 Å². The molecule has 1 aliphatic rings. The second kappa shape index (κ2) is 11.2. The van der Waals surface area contributed by atoms with Crippen LogP contribution in [0.3, 0.4) is 0 Å². The van der Waals surface area contributed by atoms with Crippen molar-refractivity contribution in [3.63, 3.8) is 0 Å². The van der Waals surface area contributed by atoms with Gasteiger partial charge in [-0.1, -0.05) is 35.5 Å². The molecule has 0 spiro atoms. The monoisotopic (exact) mass is 488 g/mol. The first-order valence-electron chi connectivity index (χ1n) is 10.4. The third kappa shape index (κ3) is 6.30. The number of aliphatic imine (C=N–C) groups is 1. The zero-order valence-electron chi connectivity index (χ0n) is 18.8.